The molecule has 2 aromatic heterocycles. The van der Waals surface area contributed by atoms with Gasteiger partial charge < -0.3 is 15.8 Å². The number of carbonyl (C=O) groups is 2. The number of nitrogens with two attached hydrogens (primary N) is 1. The van der Waals surface area contributed by atoms with Crippen molar-refractivity contribution in [2.45, 2.75) is 25.8 Å². The number of anilines is 1. The zero-order valence-electron chi connectivity index (χ0n) is 21.1. The van der Waals surface area contributed by atoms with Gasteiger partial charge in [0.1, 0.15) is 23.3 Å². The molecule has 14 heteroatoms. The van der Waals surface area contributed by atoms with E-state index in [1.807, 2.05) is 0 Å². The van der Waals surface area contributed by atoms with E-state index in [1.54, 1.807) is 6.92 Å². The first-order chi connectivity index (χ1) is 19.0. The van der Waals surface area contributed by atoms with E-state index < -0.39 is 41.4 Å². The number of primary amides is 1. The molecule has 4 rings (SSSR count). The molecule has 0 fully saturated rings. The van der Waals surface area contributed by atoms with Crippen molar-refractivity contribution >= 4 is 29.1 Å². The second kappa shape index (κ2) is 11.6. The molecule has 0 aliphatic rings. The van der Waals surface area contributed by atoms with Crippen molar-refractivity contribution in [3.63, 3.8) is 0 Å². The van der Waals surface area contributed by atoms with E-state index in [2.05, 4.69) is 15.6 Å². The number of methoxy groups -OCH3 is 1. The van der Waals surface area contributed by atoms with Gasteiger partial charge in [0, 0.05) is 27.9 Å². The Labute approximate surface area is 230 Å². The number of amides is 2. The molecule has 40 heavy (non-hydrogen) atoms. The Morgan fingerprint density at radius 2 is 1.88 bits per heavy atom. The Morgan fingerprint density at radius 1 is 1.12 bits per heavy atom. The first kappa shape index (κ1) is 28.4. The number of pyridine rings is 1. The molecule has 0 saturated carbocycles. The maximum atomic E-state index is 14.2. The molecule has 3 N–H and O–H groups in total. The highest BCUT2D eigenvalue weighted by Crippen LogP contribution is 2.35. The van der Waals surface area contributed by atoms with E-state index in [0.29, 0.717) is 16.3 Å². The number of hydrogen-bond donors (Lipinski definition) is 2. The van der Waals surface area contributed by atoms with Gasteiger partial charge in [-0.15, -0.1) is 5.10 Å². The van der Waals surface area contributed by atoms with Crippen LogP contribution in [0.25, 0.3) is 16.8 Å². The van der Waals surface area contributed by atoms with Crippen LogP contribution in [0.1, 0.15) is 41.9 Å². The van der Waals surface area contributed by atoms with Gasteiger partial charge in [-0.05, 0) is 42.8 Å². The first-order valence-electron chi connectivity index (χ1n) is 11.7. The van der Waals surface area contributed by atoms with Gasteiger partial charge in [0.25, 0.3) is 17.9 Å². The zero-order valence-corrected chi connectivity index (χ0v) is 21.8. The quantitative estimate of drug-likeness (QED) is 0.302. The Morgan fingerprint density at radius 3 is 2.48 bits per heavy atom. The summed E-state index contributed by atoms with van der Waals surface area (Å²) in [6.45, 7) is 1.67. The third-order valence-electron chi connectivity index (χ3n) is 6.02. The van der Waals surface area contributed by atoms with Gasteiger partial charge >= 0.3 is 0 Å². The minimum atomic E-state index is -2.84. The third kappa shape index (κ3) is 5.69. The van der Waals surface area contributed by atoms with E-state index in [1.165, 1.54) is 43.6 Å². The van der Waals surface area contributed by atoms with Crippen LogP contribution in [0.3, 0.4) is 0 Å². The molecule has 0 spiro atoms. The number of benzene rings is 2. The summed E-state index contributed by atoms with van der Waals surface area (Å²) in [6.07, 6.45) is -0.272. The number of halogens is 4. The molecular formula is C26H22ClF3N6O4. The van der Waals surface area contributed by atoms with Gasteiger partial charge in [-0.2, -0.15) is 0 Å². The molecule has 0 aliphatic carbocycles. The molecule has 208 valence electrons. The summed E-state index contributed by atoms with van der Waals surface area (Å²) in [6, 6.07) is 8.14. The monoisotopic (exact) mass is 574 g/mol. The molecule has 10 nitrogen and oxygen atoms in total. The summed E-state index contributed by atoms with van der Waals surface area (Å²) >= 11 is 6.21. The summed E-state index contributed by atoms with van der Waals surface area (Å²) in [4.78, 5) is 37.7. The largest absolute Gasteiger partial charge is 0.495 e. The predicted octanol–water partition coefficient (Wildman–Crippen LogP) is 4.52. The van der Waals surface area contributed by atoms with Crippen LogP contribution in [0.4, 0.5) is 18.9 Å². The number of hydrogen-bond acceptors (Lipinski definition) is 6. The highest BCUT2D eigenvalue weighted by Gasteiger charge is 2.24. The molecule has 0 radical (unpaired) electrons. The molecule has 0 bridgehead atoms. The highest BCUT2D eigenvalue weighted by molar-refractivity contribution is 6.31. The van der Waals surface area contributed by atoms with E-state index in [4.69, 9.17) is 22.1 Å². The van der Waals surface area contributed by atoms with Gasteiger partial charge in [0.05, 0.1) is 30.8 Å². The standard InChI is InChI=1S/C26H22ClF3N6O4/c1-3-20(26(39)32-14-5-6-15(25(31)38)18(28)9-14)35-12-22(40-2)17(10-23(35)37)16-8-13(27)4-7-21(16)36-11-19(24(29)30)33-34-36/h4-12,20,24H,3H2,1-2H3,(H2,31,38)(H,32,39)/t20-/m0/s1. The number of aromatic nitrogens is 4. The summed E-state index contributed by atoms with van der Waals surface area (Å²) in [5.74, 6) is -2.33. The molecule has 0 unspecified atom stereocenters. The molecule has 2 aromatic carbocycles. The average molecular weight is 575 g/mol. The predicted molar refractivity (Wildman–Crippen MR) is 140 cm³/mol. The Bertz CT molecular complexity index is 1660. The van der Waals surface area contributed by atoms with Crippen LogP contribution in [0.2, 0.25) is 5.02 Å². The van der Waals surface area contributed by atoms with Crippen LogP contribution in [0.5, 0.6) is 5.75 Å². The van der Waals surface area contributed by atoms with Gasteiger partial charge in [-0.1, -0.05) is 23.7 Å². The van der Waals surface area contributed by atoms with Crippen molar-refractivity contribution in [3.8, 4) is 22.6 Å². The van der Waals surface area contributed by atoms with Gasteiger partial charge in [0.2, 0.25) is 5.91 Å². The Hall–Kier alpha value is -4.65. The first-order valence-corrected chi connectivity index (χ1v) is 12.1. The normalized spacial score (nSPS) is 11.9. The number of nitrogens with one attached hydrogen (secondary N) is 1. The number of carbonyl (C=O) groups excluding carboxylic acids is 2. The summed E-state index contributed by atoms with van der Waals surface area (Å²) in [5.41, 5.74) is 4.60. The highest BCUT2D eigenvalue weighted by atomic mass is 35.5. The van der Waals surface area contributed by atoms with Crippen LogP contribution >= 0.6 is 11.6 Å². The lowest BCUT2D eigenvalue weighted by Gasteiger charge is -2.21. The fourth-order valence-electron chi connectivity index (χ4n) is 4.09. The Kier molecular flexibility index (Phi) is 8.24. The van der Waals surface area contributed by atoms with Crippen molar-refractivity contribution in [1.29, 1.82) is 0 Å². The molecular weight excluding hydrogens is 553 g/mol. The van der Waals surface area contributed by atoms with E-state index in [9.17, 15) is 27.6 Å². The van der Waals surface area contributed by atoms with E-state index in [-0.39, 0.29) is 29.0 Å². The average Bonchev–Trinajstić information content (AvgIpc) is 3.40. The minimum Gasteiger partial charge on any atom is -0.495 e. The fourth-order valence-corrected chi connectivity index (χ4v) is 4.26. The third-order valence-corrected chi connectivity index (χ3v) is 6.26. The maximum absolute atomic E-state index is 14.2. The van der Waals surface area contributed by atoms with E-state index in [0.717, 1.165) is 27.6 Å². The molecule has 0 saturated heterocycles. The van der Waals surface area contributed by atoms with Crippen molar-refractivity contribution in [2.75, 3.05) is 12.4 Å². The summed E-state index contributed by atoms with van der Waals surface area (Å²) < 4.78 is 48.2. The maximum Gasteiger partial charge on any atom is 0.283 e. The van der Waals surface area contributed by atoms with Crippen LogP contribution < -0.4 is 21.3 Å². The van der Waals surface area contributed by atoms with Crippen LogP contribution in [0.15, 0.2) is 59.7 Å². The number of nitrogens with zero attached hydrogens (tertiary/aromatic N) is 4. The summed E-state index contributed by atoms with van der Waals surface area (Å²) in [7, 11) is 1.35. The van der Waals surface area contributed by atoms with Crippen LogP contribution in [-0.2, 0) is 4.79 Å². The number of ether oxygens (including phenoxy) is 1. The van der Waals surface area contributed by atoms with Crippen molar-refractivity contribution in [2.24, 2.45) is 5.73 Å². The molecule has 2 amide bonds. The van der Waals surface area contributed by atoms with Crippen molar-refractivity contribution in [3.05, 3.63) is 87.3 Å². The second-order valence-electron chi connectivity index (χ2n) is 8.52. The molecule has 1 atom stereocenters. The minimum absolute atomic E-state index is 0.0575. The van der Waals surface area contributed by atoms with Crippen molar-refractivity contribution in [1.82, 2.24) is 19.6 Å². The lowest BCUT2D eigenvalue weighted by atomic mass is 10.0. The lowest BCUT2D eigenvalue weighted by molar-refractivity contribution is -0.119. The van der Waals surface area contributed by atoms with Crippen LogP contribution in [0, 0.1) is 5.82 Å². The van der Waals surface area contributed by atoms with Gasteiger partial charge in [0.15, 0.2) is 0 Å². The second-order valence-corrected chi connectivity index (χ2v) is 8.96. The van der Waals surface area contributed by atoms with Crippen LogP contribution in [-0.4, -0.2) is 38.5 Å². The van der Waals surface area contributed by atoms with Gasteiger partial charge in [-0.3, -0.25) is 19.0 Å². The van der Waals surface area contributed by atoms with Gasteiger partial charge in [-0.25, -0.2) is 17.9 Å². The molecule has 2 heterocycles. The molecule has 4 aromatic rings. The Balaban J connectivity index is 1.73. The fraction of sp³-hybridized carbons (Fsp3) is 0.192. The zero-order chi connectivity index (χ0) is 29.1. The number of rotatable bonds is 9. The summed E-state index contributed by atoms with van der Waals surface area (Å²) in [5, 5.41) is 10.1. The van der Waals surface area contributed by atoms with E-state index >= 15 is 0 Å². The topological polar surface area (TPSA) is 134 Å². The van der Waals surface area contributed by atoms with Crippen molar-refractivity contribution < 1.29 is 27.5 Å². The molecule has 0 aliphatic heterocycles. The SMILES string of the molecule is CC[C@@H](C(=O)Nc1ccc(C(N)=O)c(F)c1)n1cc(OC)c(-c2cc(Cl)ccc2-n2cc(C(F)F)nn2)cc1=O. The lowest BCUT2D eigenvalue weighted by Crippen LogP contribution is -2.32. The smallest absolute Gasteiger partial charge is 0.283 e. The number of alkyl halides is 2.